The van der Waals surface area contributed by atoms with Crippen LogP contribution in [0.1, 0.15) is 13.3 Å². The summed E-state index contributed by atoms with van der Waals surface area (Å²) in [6.45, 7) is 5.30. The summed E-state index contributed by atoms with van der Waals surface area (Å²) in [5.74, 6) is 0.797. The second-order valence-electron chi connectivity index (χ2n) is 4.41. The summed E-state index contributed by atoms with van der Waals surface area (Å²) in [5, 5.41) is 1.10. The van der Waals surface area contributed by atoms with Crippen LogP contribution in [0, 0.1) is 0 Å². The maximum absolute atomic E-state index is 5.41. The van der Waals surface area contributed by atoms with E-state index in [1.54, 1.807) is 11.8 Å². The number of hydrogen-bond acceptors (Lipinski definition) is 3. The number of nitrogens with zero attached hydrogens (tertiary/aromatic N) is 3. The average Bonchev–Trinajstić information content (AvgIpc) is 2.53. The van der Waals surface area contributed by atoms with Gasteiger partial charge in [-0.05, 0) is 24.8 Å². The number of morpholine rings is 1. The van der Waals surface area contributed by atoms with E-state index in [2.05, 4.69) is 18.1 Å². The van der Waals surface area contributed by atoms with Crippen LogP contribution in [0.2, 0.25) is 0 Å². The van der Waals surface area contributed by atoms with E-state index >= 15 is 0 Å². The van der Waals surface area contributed by atoms with E-state index < -0.39 is 0 Å². The molecule has 2 rings (SSSR count). The lowest BCUT2D eigenvalue weighted by Gasteiger charge is -2.27. The van der Waals surface area contributed by atoms with Crippen molar-refractivity contribution in [1.82, 2.24) is 4.90 Å². The third kappa shape index (κ3) is 4.35. The summed E-state index contributed by atoms with van der Waals surface area (Å²) < 4.78 is 5.41. The highest BCUT2D eigenvalue weighted by Gasteiger charge is 2.15. The minimum absolute atomic E-state index is 0.740. The number of thioether (sulfide) groups is 1. The van der Waals surface area contributed by atoms with Crippen LogP contribution in [0.5, 0.6) is 0 Å². The molecule has 20 heavy (non-hydrogen) atoms. The second kappa shape index (κ2) is 8.07. The SMILES string of the molecule is CC/C(=N/C(=Nc1ccccc1)N1CCOCC1)SC. The van der Waals surface area contributed by atoms with Crippen molar-refractivity contribution in [2.75, 3.05) is 32.6 Å². The molecule has 1 aromatic rings. The number of para-hydroxylation sites is 1. The zero-order valence-corrected chi connectivity index (χ0v) is 12.9. The van der Waals surface area contributed by atoms with E-state index in [0.717, 1.165) is 49.4 Å². The molecule has 108 valence electrons. The van der Waals surface area contributed by atoms with Gasteiger partial charge in [-0.25, -0.2) is 9.98 Å². The Morgan fingerprint density at radius 3 is 2.55 bits per heavy atom. The van der Waals surface area contributed by atoms with Gasteiger partial charge in [-0.15, -0.1) is 11.8 Å². The Morgan fingerprint density at radius 2 is 1.95 bits per heavy atom. The molecular weight excluding hydrogens is 270 g/mol. The first-order valence-corrected chi connectivity index (χ1v) is 8.14. The number of rotatable bonds is 2. The first-order valence-electron chi connectivity index (χ1n) is 6.91. The molecule has 0 radical (unpaired) electrons. The minimum atomic E-state index is 0.740. The van der Waals surface area contributed by atoms with Gasteiger partial charge in [-0.2, -0.15) is 0 Å². The molecule has 1 saturated heterocycles. The fourth-order valence-electron chi connectivity index (χ4n) is 1.93. The van der Waals surface area contributed by atoms with Crippen LogP contribution in [0.25, 0.3) is 0 Å². The highest BCUT2D eigenvalue weighted by Crippen LogP contribution is 2.14. The monoisotopic (exact) mass is 291 g/mol. The average molecular weight is 291 g/mol. The van der Waals surface area contributed by atoms with Gasteiger partial charge in [0.05, 0.1) is 23.9 Å². The van der Waals surface area contributed by atoms with Gasteiger partial charge >= 0.3 is 0 Å². The smallest absolute Gasteiger partial charge is 0.226 e. The van der Waals surface area contributed by atoms with Gasteiger partial charge in [0.25, 0.3) is 0 Å². The van der Waals surface area contributed by atoms with Crippen LogP contribution in [-0.4, -0.2) is 48.5 Å². The summed E-state index contributed by atoms with van der Waals surface area (Å²) in [6.07, 6.45) is 2.99. The maximum Gasteiger partial charge on any atom is 0.226 e. The molecule has 1 aliphatic heterocycles. The van der Waals surface area contributed by atoms with Gasteiger partial charge in [0.15, 0.2) is 0 Å². The Hall–Kier alpha value is -1.33. The van der Waals surface area contributed by atoms with Crippen molar-refractivity contribution >= 4 is 28.5 Å². The molecule has 4 nitrogen and oxygen atoms in total. The predicted octanol–water partition coefficient (Wildman–Crippen LogP) is 3.18. The first kappa shape index (κ1) is 15.1. The molecule has 0 aliphatic carbocycles. The predicted molar refractivity (Wildman–Crippen MR) is 87.2 cm³/mol. The molecule has 0 bridgehead atoms. The number of ether oxygens (including phenoxy) is 1. The maximum atomic E-state index is 5.41. The fraction of sp³-hybridized carbons (Fsp3) is 0.467. The molecule has 0 saturated carbocycles. The highest BCUT2D eigenvalue weighted by molar-refractivity contribution is 8.13. The van der Waals surface area contributed by atoms with Crippen LogP contribution < -0.4 is 0 Å². The van der Waals surface area contributed by atoms with Crippen LogP contribution in [0.4, 0.5) is 5.69 Å². The fourth-order valence-corrected chi connectivity index (χ4v) is 2.39. The van der Waals surface area contributed by atoms with E-state index in [0.29, 0.717) is 0 Å². The first-order chi connectivity index (χ1) is 9.83. The lowest BCUT2D eigenvalue weighted by Crippen LogP contribution is -2.40. The van der Waals surface area contributed by atoms with Crippen LogP contribution in [0.15, 0.2) is 40.3 Å². The van der Waals surface area contributed by atoms with E-state index in [1.165, 1.54) is 0 Å². The van der Waals surface area contributed by atoms with Gasteiger partial charge in [0.2, 0.25) is 5.96 Å². The molecule has 5 heteroatoms. The molecule has 0 spiro atoms. The standard InChI is InChI=1S/C15H21N3OS/c1-3-14(20-2)17-15(18-9-11-19-12-10-18)16-13-7-5-4-6-8-13/h4-8H,3,9-12H2,1-2H3/b16-15?,17-14-. The summed E-state index contributed by atoms with van der Waals surface area (Å²) in [5.41, 5.74) is 0.939. The summed E-state index contributed by atoms with van der Waals surface area (Å²) in [4.78, 5) is 11.6. The third-order valence-corrected chi connectivity index (χ3v) is 3.89. The Balaban J connectivity index is 2.28. The largest absolute Gasteiger partial charge is 0.378 e. The minimum Gasteiger partial charge on any atom is -0.378 e. The normalized spacial score (nSPS) is 17.4. The molecule has 1 heterocycles. The van der Waals surface area contributed by atoms with Crippen molar-refractivity contribution in [3.05, 3.63) is 30.3 Å². The van der Waals surface area contributed by atoms with Crippen molar-refractivity contribution in [3.63, 3.8) is 0 Å². The molecule has 1 fully saturated rings. The Morgan fingerprint density at radius 1 is 1.25 bits per heavy atom. The summed E-state index contributed by atoms with van der Waals surface area (Å²) in [6, 6.07) is 9.99. The summed E-state index contributed by atoms with van der Waals surface area (Å²) >= 11 is 1.68. The number of guanidine groups is 1. The summed E-state index contributed by atoms with van der Waals surface area (Å²) in [7, 11) is 0. The van der Waals surface area contributed by atoms with E-state index in [-0.39, 0.29) is 0 Å². The Kier molecular flexibility index (Phi) is 6.08. The Bertz CT molecular complexity index is 461. The molecule has 0 atom stereocenters. The van der Waals surface area contributed by atoms with E-state index in [1.807, 2.05) is 30.3 Å². The topological polar surface area (TPSA) is 37.2 Å². The zero-order valence-electron chi connectivity index (χ0n) is 12.1. The lowest BCUT2D eigenvalue weighted by molar-refractivity contribution is 0.0676. The van der Waals surface area contributed by atoms with Gasteiger partial charge in [-0.3, -0.25) is 0 Å². The lowest BCUT2D eigenvalue weighted by atomic mass is 10.3. The van der Waals surface area contributed by atoms with Crippen molar-refractivity contribution in [2.45, 2.75) is 13.3 Å². The van der Waals surface area contributed by atoms with Crippen LogP contribution >= 0.6 is 11.8 Å². The number of hydrogen-bond donors (Lipinski definition) is 0. The number of benzene rings is 1. The second-order valence-corrected chi connectivity index (χ2v) is 5.29. The van der Waals surface area contributed by atoms with E-state index in [9.17, 15) is 0 Å². The zero-order chi connectivity index (χ0) is 14.2. The van der Waals surface area contributed by atoms with Gasteiger partial charge in [0.1, 0.15) is 0 Å². The highest BCUT2D eigenvalue weighted by atomic mass is 32.2. The van der Waals surface area contributed by atoms with Crippen LogP contribution in [0.3, 0.4) is 0 Å². The van der Waals surface area contributed by atoms with Crippen molar-refractivity contribution in [3.8, 4) is 0 Å². The van der Waals surface area contributed by atoms with Gasteiger partial charge in [0, 0.05) is 13.1 Å². The number of aliphatic imine (C=N–C) groups is 2. The van der Waals surface area contributed by atoms with Gasteiger partial charge < -0.3 is 9.64 Å². The van der Waals surface area contributed by atoms with Crippen LogP contribution in [-0.2, 0) is 4.74 Å². The van der Waals surface area contributed by atoms with Gasteiger partial charge in [-0.1, -0.05) is 25.1 Å². The molecule has 0 amide bonds. The molecule has 0 aromatic heterocycles. The molecule has 0 unspecified atom stereocenters. The Labute approximate surface area is 124 Å². The molecule has 1 aliphatic rings. The molecule has 1 aromatic carbocycles. The van der Waals surface area contributed by atoms with Crippen molar-refractivity contribution < 1.29 is 4.74 Å². The quantitative estimate of drug-likeness (QED) is 0.620. The van der Waals surface area contributed by atoms with Crippen molar-refractivity contribution in [2.24, 2.45) is 9.98 Å². The molecule has 0 N–H and O–H groups in total. The molecular formula is C15H21N3OS. The van der Waals surface area contributed by atoms with Crippen molar-refractivity contribution in [1.29, 1.82) is 0 Å². The van der Waals surface area contributed by atoms with E-state index in [4.69, 9.17) is 14.7 Å². The third-order valence-electron chi connectivity index (χ3n) is 3.04.